The van der Waals surface area contributed by atoms with Crippen LogP contribution in [0.5, 0.6) is 0 Å². The quantitative estimate of drug-likeness (QED) is 0.707. The first-order valence-corrected chi connectivity index (χ1v) is 7.78. The number of amides is 1. The highest BCUT2D eigenvalue weighted by Gasteiger charge is 2.27. The lowest BCUT2D eigenvalue weighted by atomic mass is 10.1. The number of aromatic nitrogens is 1. The SMILES string of the molecule is Cc1cc(C(=O)OC(C(=O)Nc2ccc(F)cc2)c2ccccc2)on1. The summed E-state index contributed by atoms with van der Waals surface area (Å²) in [6.07, 6.45) is -1.21. The molecule has 3 aromatic rings. The fourth-order valence-electron chi connectivity index (χ4n) is 2.27. The number of ether oxygens (including phenoxy) is 1. The molecule has 0 aliphatic rings. The maximum Gasteiger partial charge on any atom is 0.378 e. The van der Waals surface area contributed by atoms with Crippen molar-refractivity contribution in [1.82, 2.24) is 5.16 Å². The highest BCUT2D eigenvalue weighted by molar-refractivity contribution is 5.97. The number of esters is 1. The normalized spacial score (nSPS) is 11.6. The summed E-state index contributed by atoms with van der Waals surface area (Å²) < 4.78 is 23.2. The second-order valence-electron chi connectivity index (χ2n) is 5.52. The predicted molar refractivity (Wildman–Crippen MR) is 90.9 cm³/mol. The van der Waals surface area contributed by atoms with E-state index in [1.807, 2.05) is 0 Å². The lowest BCUT2D eigenvalue weighted by Gasteiger charge is -2.17. The zero-order chi connectivity index (χ0) is 18.5. The van der Waals surface area contributed by atoms with E-state index in [0.717, 1.165) is 0 Å². The predicted octanol–water partition coefficient (Wildman–Crippen LogP) is 3.66. The van der Waals surface area contributed by atoms with Crippen molar-refractivity contribution in [3.05, 3.63) is 83.5 Å². The Labute approximate surface area is 148 Å². The fourth-order valence-corrected chi connectivity index (χ4v) is 2.27. The van der Waals surface area contributed by atoms with Crippen LogP contribution in [0, 0.1) is 12.7 Å². The topological polar surface area (TPSA) is 81.4 Å². The van der Waals surface area contributed by atoms with Crippen molar-refractivity contribution in [1.29, 1.82) is 0 Å². The van der Waals surface area contributed by atoms with Gasteiger partial charge in [0.1, 0.15) is 5.82 Å². The van der Waals surface area contributed by atoms with Crippen LogP contribution in [0.25, 0.3) is 0 Å². The number of benzene rings is 2. The van der Waals surface area contributed by atoms with Gasteiger partial charge >= 0.3 is 5.97 Å². The van der Waals surface area contributed by atoms with E-state index in [2.05, 4.69) is 10.5 Å². The van der Waals surface area contributed by atoms with Gasteiger partial charge in [0.05, 0.1) is 5.69 Å². The van der Waals surface area contributed by atoms with Crippen molar-refractivity contribution < 1.29 is 23.2 Å². The van der Waals surface area contributed by atoms with Crippen LogP contribution in [0.1, 0.15) is 27.9 Å². The molecule has 132 valence electrons. The summed E-state index contributed by atoms with van der Waals surface area (Å²) in [6, 6.07) is 15.2. The van der Waals surface area contributed by atoms with Crippen molar-refractivity contribution in [3.8, 4) is 0 Å². The summed E-state index contributed by atoms with van der Waals surface area (Å²) >= 11 is 0. The average Bonchev–Trinajstić information content (AvgIpc) is 3.08. The monoisotopic (exact) mass is 354 g/mol. The lowest BCUT2D eigenvalue weighted by molar-refractivity contribution is -0.125. The summed E-state index contributed by atoms with van der Waals surface area (Å²) in [4.78, 5) is 24.9. The van der Waals surface area contributed by atoms with Crippen LogP contribution in [-0.2, 0) is 9.53 Å². The Morgan fingerprint density at radius 3 is 2.42 bits per heavy atom. The number of hydrogen-bond acceptors (Lipinski definition) is 5. The molecule has 1 unspecified atom stereocenters. The van der Waals surface area contributed by atoms with Crippen molar-refractivity contribution in [2.45, 2.75) is 13.0 Å². The smallest absolute Gasteiger partial charge is 0.378 e. The zero-order valence-electron chi connectivity index (χ0n) is 13.8. The van der Waals surface area contributed by atoms with Crippen LogP contribution in [0.3, 0.4) is 0 Å². The molecule has 0 saturated heterocycles. The second kappa shape index (κ2) is 7.60. The number of anilines is 1. The third-order valence-electron chi connectivity index (χ3n) is 3.51. The molecule has 26 heavy (non-hydrogen) atoms. The van der Waals surface area contributed by atoms with Gasteiger partial charge < -0.3 is 14.6 Å². The fraction of sp³-hybridized carbons (Fsp3) is 0.105. The molecule has 0 aliphatic carbocycles. The minimum atomic E-state index is -1.21. The van der Waals surface area contributed by atoms with E-state index in [0.29, 0.717) is 16.9 Å². The Hall–Kier alpha value is -3.48. The van der Waals surface area contributed by atoms with Crippen molar-refractivity contribution >= 4 is 17.6 Å². The summed E-state index contributed by atoms with van der Waals surface area (Å²) in [5, 5.41) is 6.23. The first kappa shape index (κ1) is 17.3. The van der Waals surface area contributed by atoms with Crippen LogP contribution in [0.4, 0.5) is 10.1 Å². The standard InChI is InChI=1S/C19H15FN2O4/c1-12-11-16(26-22-12)19(24)25-17(13-5-3-2-4-6-13)18(23)21-15-9-7-14(20)8-10-15/h2-11,17H,1H3,(H,21,23). The average molecular weight is 354 g/mol. The highest BCUT2D eigenvalue weighted by Crippen LogP contribution is 2.22. The minimum absolute atomic E-state index is 0.0991. The van der Waals surface area contributed by atoms with E-state index in [4.69, 9.17) is 9.26 Å². The van der Waals surface area contributed by atoms with Gasteiger partial charge in [0.25, 0.3) is 5.91 Å². The number of halogens is 1. The Morgan fingerprint density at radius 1 is 1.12 bits per heavy atom. The van der Waals surface area contributed by atoms with Crippen molar-refractivity contribution in [2.75, 3.05) is 5.32 Å². The van der Waals surface area contributed by atoms with Gasteiger partial charge in [-0.3, -0.25) is 4.79 Å². The summed E-state index contributed by atoms with van der Waals surface area (Å²) in [5.41, 5.74) is 1.38. The van der Waals surface area contributed by atoms with E-state index < -0.39 is 23.8 Å². The zero-order valence-corrected chi connectivity index (χ0v) is 13.8. The van der Waals surface area contributed by atoms with Crippen molar-refractivity contribution in [3.63, 3.8) is 0 Å². The summed E-state index contributed by atoms with van der Waals surface area (Å²) in [7, 11) is 0. The third-order valence-corrected chi connectivity index (χ3v) is 3.51. The number of carbonyl (C=O) groups excluding carboxylic acids is 2. The molecule has 1 heterocycles. The van der Waals surface area contributed by atoms with Gasteiger partial charge in [0, 0.05) is 17.3 Å². The number of nitrogens with zero attached hydrogens (tertiary/aromatic N) is 1. The molecule has 0 spiro atoms. The molecule has 1 atom stereocenters. The molecular formula is C19H15FN2O4. The van der Waals surface area contributed by atoms with E-state index in [1.165, 1.54) is 30.3 Å². The number of hydrogen-bond donors (Lipinski definition) is 1. The van der Waals surface area contributed by atoms with Gasteiger partial charge in [-0.2, -0.15) is 0 Å². The van der Waals surface area contributed by atoms with Crippen LogP contribution in [-0.4, -0.2) is 17.0 Å². The maximum absolute atomic E-state index is 13.0. The minimum Gasteiger partial charge on any atom is -0.441 e. The Bertz CT molecular complexity index is 907. The summed E-state index contributed by atoms with van der Waals surface area (Å²) in [6.45, 7) is 1.66. The van der Waals surface area contributed by atoms with E-state index in [-0.39, 0.29) is 5.76 Å². The van der Waals surface area contributed by atoms with Gasteiger partial charge in [-0.15, -0.1) is 0 Å². The van der Waals surface area contributed by atoms with Gasteiger partial charge in [0.15, 0.2) is 0 Å². The molecule has 3 rings (SSSR count). The highest BCUT2D eigenvalue weighted by atomic mass is 19.1. The largest absolute Gasteiger partial charge is 0.441 e. The Balaban J connectivity index is 1.82. The number of carbonyl (C=O) groups is 2. The Kier molecular flexibility index (Phi) is 5.07. The number of nitrogens with one attached hydrogen (secondary N) is 1. The number of aryl methyl sites for hydroxylation is 1. The first-order chi connectivity index (χ1) is 12.5. The molecule has 7 heteroatoms. The molecular weight excluding hydrogens is 339 g/mol. The molecule has 1 aromatic heterocycles. The second-order valence-corrected chi connectivity index (χ2v) is 5.52. The molecule has 0 aliphatic heterocycles. The molecule has 0 saturated carbocycles. The van der Waals surface area contributed by atoms with Crippen LogP contribution in [0.2, 0.25) is 0 Å². The van der Waals surface area contributed by atoms with E-state index >= 15 is 0 Å². The van der Waals surface area contributed by atoms with Crippen LogP contribution in [0.15, 0.2) is 65.2 Å². The Morgan fingerprint density at radius 2 is 1.81 bits per heavy atom. The summed E-state index contributed by atoms with van der Waals surface area (Å²) in [5.74, 6) is -1.91. The van der Waals surface area contributed by atoms with E-state index in [1.54, 1.807) is 37.3 Å². The van der Waals surface area contributed by atoms with Gasteiger partial charge in [-0.25, -0.2) is 9.18 Å². The number of rotatable bonds is 5. The molecule has 0 bridgehead atoms. The van der Waals surface area contributed by atoms with Gasteiger partial charge in [-0.05, 0) is 31.2 Å². The third kappa shape index (κ3) is 4.13. The molecule has 1 amide bonds. The van der Waals surface area contributed by atoms with E-state index in [9.17, 15) is 14.0 Å². The maximum atomic E-state index is 13.0. The lowest BCUT2D eigenvalue weighted by Crippen LogP contribution is -2.25. The molecule has 0 fully saturated rings. The first-order valence-electron chi connectivity index (χ1n) is 7.78. The molecule has 6 nitrogen and oxygen atoms in total. The molecule has 2 aromatic carbocycles. The molecule has 0 radical (unpaired) electrons. The van der Waals surface area contributed by atoms with Gasteiger partial charge in [-0.1, -0.05) is 35.5 Å². The van der Waals surface area contributed by atoms with Crippen molar-refractivity contribution in [2.24, 2.45) is 0 Å². The van der Waals surface area contributed by atoms with Crippen LogP contribution < -0.4 is 5.32 Å². The molecule has 1 N–H and O–H groups in total. The van der Waals surface area contributed by atoms with Crippen LogP contribution >= 0.6 is 0 Å². The van der Waals surface area contributed by atoms with Gasteiger partial charge in [0.2, 0.25) is 11.9 Å².